The normalized spacial score (nSPS) is 23.8. The van der Waals surface area contributed by atoms with Crippen LogP contribution in [0.5, 0.6) is 5.75 Å². The molecule has 9 nitrogen and oxygen atoms in total. The van der Waals surface area contributed by atoms with Gasteiger partial charge in [-0.3, -0.25) is 9.59 Å². The van der Waals surface area contributed by atoms with Crippen LogP contribution in [0, 0.1) is 17.8 Å². The first-order valence-electron chi connectivity index (χ1n) is 13.4. The van der Waals surface area contributed by atoms with Crippen molar-refractivity contribution in [3.8, 4) is 5.75 Å². The number of ether oxygens (including phenoxy) is 1. The van der Waals surface area contributed by atoms with E-state index in [1.54, 1.807) is 13.3 Å². The third-order valence-electron chi connectivity index (χ3n) is 7.65. The van der Waals surface area contributed by atoms with E-state index in [2.05, 4.69) is 38.1 Å². The Kier molecular flexibility index (Phi) is 7.47. The Hall–Kier alpha value is -3.33. The van der Waals surface area contributed by atoms with Crippen LogP contribution in [0.15, 0.2) is 30.5 Å². The molecule has 2 amide bonds. The molecule has 38 heavy (non-hydrogen) atoms. The molecule has 202 valence electrons. The van der Waals surface area contributed by atoms with Gasteiger partial charge in [0, 0.05) is 30.6 Å². The van der Waals surface area contributed by atoms with Crippen LogP contribution in [-0.2, 0) is 16.0 Å². The highest BCUT2D eigenvalue weighted by Crippen LogP contribution is 2.46. The molecule has 1 aliphatic heterocycles. The van der Waals surface area contributed by atoms with Crippen molar-refractivity contribution in [3.63, 3.8) is 0 Å². The number of halogens is 1. The van der Waals surface area contributed by atoms with E-state index in [0.717, 1.165) is 30.5 Å². The Balaban J connectivity index is 1.41. The number of benzene rings is 1. The molecule has 1 fully saturated rings. The third kappa shape index (κ3) is 4.91. The Labute approximate surface area is 228 Å². The first-order valence-corrected chi connectivity index (χ1v) is 13.7. The Morgan fingerprint density at radius 2 is 2.03 bits per heavy atom. The van der Waals surface area contributed by atoms with Crippen molar-refractivity contribution in [1.29, 1.82) is 0 Å². The minimum atomic E-state index is -0.191. The van der Waals surface area contributed by atoms with Gasteiger partial charge in [-0.1, -0.05) is 23.8 Å². The predicted octanol–water partition coefficient (Wildman–Crippen LogP) is 4.70. The van der Waals surface area contributed by atoms with Crippen LogP contribution < -0.4 is 25.6 Å². The number of allylic oxidation sites excluding steroid dienone is 1. The van der Waals surface area contributed by atoms with Crippen molar-refractivity contribution in [3.05, 3.63) is 41.1 Å². The molecule has 0 spiro atoms. The number of amides is 2. The van der Waals surface area contributed by atoms with Crippen molar-refractivity contribution in [2.45, 2.75) is 58.5 Å². The van der Waals surface area contributed by atoms with Gasteiger partial charge in [-0.05, 0) is 64.0 Å². The number of hydrogen-bond acceptors (Lipinski definition) is 7. The van der Waals surface area contributed by atoms with Gasteiger partial charge in [0.25, 0.3) is 0 Å². The van der Waals surface area contributed by atoms with E-state index >= 15 is 0 Å². The molecule has 2 aromatic rings. The van der Waals surface area contributed by atoms with Gasteiger partial charge in [0.1, 0.15) is 10.8 Å². The SMILES string of the molecule is CCN1C(=O)CCCc2c1ccc(Nc1ncc(Cl)c(NC3C4C=CC(C4)C3C(=O)NC(C)C)n1)c2OC. The predicted molar refractivity (Wildman–Crippen MR) is 149 cm³/mol. The fraction of sp³-hybridized carbons (Fsp3) is 0.500. The number of nitrogens with zero attached hydrogens (tertiary/aromatic N) is 3. The zero-order valence-electron chi connectivity index (χ0n) is 22.3. The summed E-state index contributed by atoms with van der Waals surface area (Å²) in [6, 6.07) is 3.80. The van der Waals surface area contributed by atoms with Crippen LogP contribution in [0.3, 0.4) is 0 Å². The molecule has 3 N–H and O–H groups in total. The van der Waals surface area contributed by atoms with Gasteiger partial charge in [-0.2, -0.15) is 4.98 Å². The quantitative estimate of drug-likeness (QED) is 0.418. The molecule has 2 aliphatic carbocycles. The van der Waals surface area contributed by atoms with Crippen molar-refractivity contribution in [2.75, 3.05) is 29.2 Å². The summed E-state index contributed by atoms with van der Waals surface area (Å²) in [4.78, 5) is 36.5. The number of methoxy groups -OCH3 is 1. The monoisotopic (exact) mass is 538 g/mol. The molecule has 5 rings (SSSR count). The number of nitrogens with one attached hydrogen (secondary N) is 3. The second kappa shape index (κ2) is 10.8. The maximum absolute atomic E-state index is 13.0. The van der Waals surface area contributed by atoms with Gasteiger partial charge in [0.15, 0.2) is 5.82 Å². The average molecular weight is 539 g/mol. The standard InChI is InChI=1S/C28H35ClN6O3/c1-5-35-21-12-11-20(25(38-4)18(21)7-6-8-22(35)36)32-28-30-14-19(29)26(34-28)33-24-17-10-9-16(13-17)23(24)27(37)31-15(2)3/h9-12,14-17,23-24H,5-8,13H2,1-4H3,(H,31,37)(H2,30,32,33,34). The largest absolute Gasteiger partial charge is 0.494 e. The highest BCUT2D eigenvalue weighted by Gasteiger charge is 2.48. The minimum Gasteiger partial charge on any atom is -0.494 e. The van der Waals surface area contributed by atoms with E-state index in [1.807, 2.05) is 37.8 Å². The molecule has 4 atom stereocenters. The molecular formula is C28H35ClN6O3. The second-order valence-corrected chi connectivity index (χ2v) is 10.9. The Morgan fingerprint density at radius 3 is 2.76 bits per heavy atom. The van der Waals surface area contributed by atoms with Gasteiger partial charge in [0.2, 0.25) is 17.8 Å². The summed E-state index contributed by atoms with van der Waals surface area (Å²) in [6.45, 7) is 6.52. The molecule has 2 bridgehead atoms. The number of aromatic nitrogens is 2. The number of hydrogen-bond donors (Lipinski definition) is 3. The van der Waals surface area contributed by atoms with Crippen molar-refractivity contribution >= 4 is 46.6 Å². The molecule has 1 saturated carbocycles. The van der Waals surface area contributed by atoms with E-state index in [9.17, 15) is 9.59 Å². The molecule has 0 saturated heterocycles. The minimum absolute atomic E-state index is 0.0483. The fourth-order valence-corrected chi connectivity index (χ4v) is 6.19. The number of fused-ring (bicyclic) bond motifs is 3. The smallest absolute Gasteiger partial charge is 0.229 e. The van der Waals surface area contributed by atoms with E-state index in [4.69, 9.17) is 16.3 Å². The van der Waals surface area contributed by atoms with Crippen molar-refractivity contribution in [1.82, 2.24) is 15.3 Å². The zero-order chi connectivity index (χ0) is 27.0. The summed E-state index contributed by atoms with van der Waals surface area (Å²) in [5, 5.41) is 10.2. The number of carbonyl (C=O) groups excluding carboxylic acids is 2. The first kappa shape index (κ1) is 26.3. The van der Waals surface area contributed by atoms with Crippen LogP contribution in [0.25, 0.3) is 0 Å². The fourth-order valence-electron chi connectivity index (χ4n) is 6.04. The maximum Gasteiger partial charge on any atom is 0.229 e. The lowest BCUT2D eigenvalue weighted by Gasteiger charge is -2.29. The van der Waals surface area contributed by atoms with E-state index in [0.29, 0.717) is 41.2 Å². The Morgan fingerprint density at radius 1 is 1.24 bits per heavy atom. The first-order chi connectivity index (χ1) is 18.3. The van der Waals surface area contributed by atoms with Crippen LogP contribution in [0.2, 0.25) is 5.02 Å². The van der Waals surface area contributed by atoms with Gasteiger partial charge >= 0.3 is 0 Å². The summed E-state index contributed by atoms with van der Waals surface area (Å²) in [7, 11) is 1.63. The number of rotatable bonds is 8. The summed E-state index contributed by atoms with van der Waals surface area (Å²) < 4.78 is 5.82. The molecule has 4 unspecified atom stereocenters. The Bertz CT molecular complexity index is 1270. The van der Waals surface area contributed by atoms with Crippen molar-refractivity contribution in [2.24, 2.45) is 17.8 Å². The van der Waals surface area contributed by atoms with E-state index in [-0.39, 0.29) is 41.7 Å². The van der Waals surface area contributed by atoms with Crippen LogP contribution >= 0.6 is 11.6 Å². The van der Waals surface area contributed by atoms with Gasteiger partial charge in [-0.15, -0.1) is 0 Å². The third-order valence-corrected chi connectivity index (χ3v) is 7.93. The highest BCUT2D eigenvalue weighted by molar-refractivity contribution is 6.32. The number of carbonyl (C=O) groups is 2. The van der Waals surface area contributed by atoms with Crippen LogP contribution in [-0.4, -0.2) is 47.5 Å². The zero-order valence-corrected chi connectivity index (χ0v) is 23.0. The van der Waals surface area contributed by atoms with Gasteiger partial charge in [-0.25, -0.2) is 4.98 Å². The molecule has 3 aliphatic rings. The van der Waals surface area contributed by atoms with Crippen LogP contribution in [0.4, 0.5) is 23.1 Å². The average Bonchev–Trinajstić information content (AvgIpc) is 3.44. The maximum atomic E-state index is 13.0. The molecule has 10 heteroatoms. The van der Waals surface area contributed by atoms with Crippen LogP contribution in [0.1, 0.15) is 45.6 Å². The molecular weight excluding hydrogens is 504 g/mol. The lowest BCUT2D eigenvalue weighted by molar-refractivity contribution is -0.126. The molecule has 2 heterocycles. The topological polar surface area (TPSA) is 108 Å². The summed E-state index contributed by atoms with van der Waals surface area (Å²) >= 11 is 6.51. The number of anilines is 4. The van der Waals surface area contributed by atoms with E-state index < -0.39 is 0 Å². The summed E-state index contributed by atoms with van der Waals surface area (Å²) in [5.41, 5.74) is 2.58. The lowest BCUT2D eigenvalue weighted by atomic mass is 9.88. The van der Waals surface area contributed by atoms with Gasteiger partial charge < -0.3 is 25.6 Å². The summed E-state index contributed by atoms with van der Waals surface area (Å²) in [5.74, 6) is 1.93. The second-order valence-electron chi connectivity index (χ2n) is 10.5. The van der Waals surface area contributed by atoms with Crippen molar-refractivity contribution < 1.29 is 14.3 Å². The molecule has 0 radical (unpaired) electrons. The lowest BCUT2D eigenvalue weighted by Crippen LogP contribution is -2.45. The van der Waals surface area contributed by atoms with Gasteiger partial charge in [0.05, 0.1) is 30.6 Å². The summed E-state index contributed by atoms with van der Waals surface area (Å²) in [6.07, 6.45) is 8.84. The highest BCUT2D eigenvalue weighted by atomic mass is 35.5. The molecule has 1 aromatic heterocycles. The molecule has 1 aromatic carbocycles. The van der Waals surface area contributed by atoms with E-state index in [1.165, 1.54) is 0 Å².